The summed E-state index contributed by atoms with van der Waals surface area (Å²) in [7, 11) is 0. The van der Waals surface area contributed by atoms with Crippen molar-refractivity contribution in [3.05, 3.63) is 36.4 Å². The van der Waals surface area contributed by atoms with Gasteiger partial charge in [-0.1, -0.05) is 36.4 Å². The van der Waals surface area contributed by atoms with Crippen LogP contribution in [0.25, 0.3) is 0 Å². The van der Waals surface area contributed by atoms with Crippen LogP contribution >= 0.6 is 0 Å². The molecule has 0 aliphatic heterocycles. The van der Waals surface area contributed by atoms with E-state index in [-0.39, 0.29) is 19.0 Å². The van der Waals surface area contributed by atoms with Crippen molar-refractivity contribution in [1.82, 2.24) is 6.15 Å². The van der Waals surface area contributed by atoms with Crippen LogP contribution in [-0.2, 0) is 9.59 Å². The van der Waals surface area contributed by atoms with Crippen molar-refractivity contribution in [2.45, 2.75) is 0 Å². The molecule has 13 heavy (non-hydrogen) atoms. The summed E-state index contributed by atoms with van der Waals surface area (Å²) in [5.74, 6) is 0. The first-order valence-electron chi connectivity index (χ1n) is 3.06. The fourth-order valence-corrected chi connectivity index (χ4v) is 0.385. The molecule has 1 aromatic rings. The fraction of sp³-hybridized carbons (Fsp3) is 0. The first-order chi connectivity index (χ1) is 5.83. The Hall–Kier alpha value is -1.88. The monoisotopic (exact) mass is 186 g/mol. The summed E-state index contributed by atoms with van der Waals surface area (Å²) in [6.07, 6.45) is 0.250. The minimum atomic E-state index is -0.250. The summed E-state index contributed by atoms with van der Waals surface area (Å²) >= 11 is 0. The van der Waals surface area contributed by atoms with Gasteiger partial charge in [0.15, 0.2) is 0 Å². The zero-order valence-corrected chi connectivity index (χ0v) is 7.17. The summed E-state index contributed by atoms with van der Waals surface area (Å²) in [4.78, 5) is 16.9. The Kier molecular flexibility index (Phi) is 29.9. The Labute approximate surface area is 76.8 Å². The number of amides is 1. The highest BCUT2D eigenvalue weighted by Crippen LogP contribution is 1.79. The minimum absolute atomic E-state index is 0. The van der Waals surface area contributed by atoms with E-state index in [1.54, 1.807) is 0 Å². The molecule has 6 N–H and O–H groups in total. The van der Waals surface area contributed by atoms with Crippen LogP contribution in [0.4, 0.5) is 0 Å². The summed E-state index contributed by atoms with van der Waals surface area (Å²) in [5, 5.41) is 6.89. The van der Waals surface area contributed by atoms with E-state index in [1.165, 1.54) is 0 Å². The number of primary amides is 1. The summed E-state index contributed by atoms with van der Waals surface area (Å²) in [5.41, 5.74) is 4.17. The fourth-order valence-electron chi connectivity index (χ4n) is 0.385. The molecular formula is C8H14N2O3. The number of carboxylic acid groups (broad SMARTS) is 1. The van der Waals surface area contributed by atoms with E-state index in [2.05, 4.69) is 5.73 Å². The molecule has 0 radical (unpaired) electrons. The number of carbonyl (C=O) groups excluding carboxylic acids is 1. The molecule has 0 atom stereocenters. The highest BCUT2D eigenvalue weighted by atomic mass is 16.3. The Balaban J connectivity index is -0.000000126. The maximum Gasteiger partial charge on any atom is 0.290 e. The Morgan fingerprint density at radius 2 is 1.00 bits per heavy atom. The van der Waals surface area contributed by atoms with Crippen molar-refractivity contribution in [2.24, 2.45) is 5.73 Å². The van der Waals surface area contributed by atoms with E-state index in [0.29, 0.717) is 0 Å². The molecule has 5 heteroatoms. The highest BCUT2D eigenvalue weighted by molar-refractivity contribution is 5.42. The Bertz CT molecular complexity index is 147. The lowest BCUT2D eigenvalue weighted by Gasteiger charge is -1.69. The van der Waals surface area contributed by atoms with Crippen LogP contribution in [-0.4, -0.2) is 18.0 Å². The zero-order valence-electron chi connectivity index (χ0n) is 7.17. The van der Waals surface area contributed by atoms with Crippen LogP contribution in [0.15, 0.2) is 36.4 Å². The molecule has 0 fully saturated rings. The standard InChI is InChI=1S/C6H6.CH3NO.CH2O2.H3N/c1-2-4-6-5-3-1;2*2-1-3;/h1-6H;1H,(H2,2,3);1H,(H,2,3);1H3. The van der Waals surface area contributed by atoms with Gasteiger partial charge in [-0.25, -0.2) is 0 Å². The summed E-state index contributed by atoms with van der Waals surface area (Å²) < 4.78 is 0. The van der Waals surface area contributed by atoms with Gasteiger partial charge in [0, 0.05) is 0 Å². The Morgan fingerprint density at radius 1 is 0.923 bits per heavy atom. The normalized spacial score (nSPS) is 5.54. The molecule has 0 unspecified atom stereocenters. The van der Waals surface area contributed by atoms with Crippen molar-refractivity contribution < 1.29 is 14.7 Å². The molecule has 1 amide bonds. The average Bonchev–Trinajstić information content (AvgIpc) is 2.10. The molecule has 0 aromatic heterocycles. The van der Waals surface area contributed by atoms with Gasteiger partial charge >= 0.3 is 0 Å². The lowest BCUT2D eigenvalue weighted by atomic mass is 10.4. The van der Waals surface area contributed by atoms with Crippen LogP contribution in [0, 0.1) is 0 Å². The second kappa shape index (κ2) is 22.5. The van der Waals surface area contributed by atoms with Gasteiger partial charge in [-0.3, -0.25) is 9.59 Å². The molecule has 0 saturated heterocycles. The minimum Gasteiger partial charge on any atom is -0.483 e. The van der Waals surface area contributed by atoms with Gasteiger partial charge in [0.1, 0.15) is 0 Å². The van der Waals surface area contributed by atoms with Crippen molar-refractivity contribution in [2.75, 3.05) is 0 Å². The van der Waals surface area contributed by atoms with Gasteiger partial charge in [-0.2, -0.15) is 0 Å². The average molecular weight is 186 g/mol. The number of benzene rings is 1. The molecule has 0 bridgehead atoms. The number of rotatable bonds is 0. The smallest absolute Gasteiger partial charge is 0.290 e. The highest BCUT2D eigenvalue weighted by Gasteiger charge is 1.57. The number of nitrogens with two attached hydrogens (primary N) is 1. The molecule has 1 aromatic carbocycles. The number of carbonyl (C=O) groups is 2. The van der Waals surface area contributed by atoms with E-state index in [0.717, 1.165) is 0 Å². The quantitative estimate of drug-likeness (QED) is 0.516. The van der Waals surface area contributed by atoms with E-state index in [1.807, 2.05) is 36.4 Å². The molecular weight excluding hydrogens is 172 g/mol. The van der Waals surface area contributed by atoms with Crippen LogP contribution < -0.4 is 11.9 Å². The van der Waals surface area contributed by atoms with Crippen LogP contribution in [0.3, 0.4) is 0 Å². The predicted molar refractivity (Wildman–Crippen MR) is 50.4 cm³/mol. The second-order valence-electron chi connectivity index (χ2n) is 1.40. The van der Waals surface area contributed by atoms with Gasteiger partial charge in [-0.05, 0) is 0 Å². The van der Waals surface area contributed by atoms with Crippen LogP contribution in [0.1, 0.15) is 0 Å². The number of hydrogen-bond donors (Lipinski definition) is 3. The largest absolute Gasteiger partial charge is 0.483 e. The zero-order chi connectivity index (χ0) is 9.66. The molecule has 0 aliphatic carbocycles. The van der Waals surface area contributed by atoms with Crippen LogP contribution in [0.2, 0.25) is 0 Å². The Morgan fingerprint density at radius 3 is 1.08 bits per heavy atom. The molecule has 0 spiro atoms. The van der Waals surface area contributed by atoms with Gasteiger partial charge < -0.3 is 17.0 Å². The van der Waals surface area contributed by atoms with Gasteiger partial charge in [0.25, 0.3) is 6.47 Å². The first-order valence-corrected chi connectivity index (χ1v) is 3.06. The van der Waals surface area contributed by atoms with Crippen LogP contribution in [0.5, 0.6) is 0 Å². The maximum absolute atomic E-state index is 8.58. The lowest BCUT2D eigenvalue weighted by molar-refractivity contribution is -0.122. The SMILES string of the molecule is N.NC=O.O=CO.c1ccccc1. The predicted octanol–water partition coefficient (Wildman–Crippen LogP) is 0.651. The third kappa shape index (κ3) is 39.3. The third-order valence-corrected chi connectivity index (χ3v) is 0.667. The van der Waals surface area contributed by atoms with Crippen molar-refractivity contribution in [3.63, 3.8) is 0 Å². The summed E-state index contributed by atoms with van der Waals surface area (Å²) in [6.45, 7) is -0.250. The molecule has 0 aliphatic rings. The summed E-state index contributed by atoms with van der Waals surface area (Å²) in [6, 6.07) is 12.0. The third-order valence-electron chi connectivity index (χ3n) is 0.667. The van der Waals surface area contributed by atoms with Crippen molar-refractivity contribution in [3.8, 4) is 0 Å². The van der Waals surface area contributed by atoms with Gasteiger partial charge in [0.05, 0.1) is 0 Å². The lowest BCUT2D eigenvalue weighted by Crippen LogP contribution is -1.82. The van der Waals surface area contributed by atoms with Crippen molar-refractivity contribution >= 4 is 12.9 Å². The number of hydrogen-bond acceptors (Lipinski definition) is 3. The molecule has 0 heterocycles. The van der Waals surface area contributed by atoms with Gasteiger partial charge in [0.2, 0.25) is 6.41 Å². The van der Waals surface area contributed by atoms with Crippen molar-refractivity contribution in [1.29, 1.82) is 0 Å². The van der Waals surface area contributed by atoms with E-state index in [9.17, 15) is 0 Å². The molecule has 1 rings (SSSR count). The van der Waals surface area contributed by atoms with E-state index < -0.39 is 0 Å². The van der Waals surface area contributed by atoms with E-state index >= 15 is 0 Å². The second-order valence-corrected chi connectivity index (χ2v) is 1.40. The molecule has 5 nitrogen and oxygen atoms in total. The molecule has 74 valence electrons. The molecule has 0 saturated carbocycles. The van der Waals surface area contributed by atoms with E-state index in [4.69, 9.17) is 14.7 Å². The topological polar surface area (TPSA) is 115 Å². The van der Waals surface area contributed by atoms with Gasteiger partial charge in [-0.15, -0.1) is 0 Å². The maximum atomic E-state index is 8.58. The first kappa shape index (κ1) is 17.3.